The molecular weight excluding hydrogens is 272 g/mol. The van der Waals surface area contributed by atoms with Gasteiger partial charge in [-0.05, 0) is 20.3 Å². The zero-order valence-electron chi connectivity index (χ0n) is 12.3. The van der Waals surface area contributed by atoms with Crippen LogP contribution in [0.2, 0.25) is 0 Å². The quantitative estimate of drug-likeness (QED) is 0.862. The van der Waals surface area contributed by atoms with E-state index in [-0.39, 0.29) is 18.2 Å². The first-order valence-electron chi connectivity index (χ1n) is 6.75. The van der Waals surface area contributed by atoms with E-state index < -0.39 is 5.97 Å². The van der Waals surface area contributed by atoms with Crippen molar-refractivity contribution in [2.45, 2.75) is 39.7 Å². The van der Waals surface area contributed by atoms with E-state index >= 15 is 0 Å². The molecule has 0 bridgehead atoms. The highest BCUT2D eigenvalue weighted by Crippen LogP contribution is 2.21. The number of aromatic nitrogens is 4. The van der Waals surface area contributed by atoms with Crippen LogP contribution in [0.4, 0.5) is 0 Å². The van der Waals surface area contributed by atoms with Crippen molar-refractivity contribution in [2.24, 2.45) is 0 Å². The predicted octanol–water partition coefficient (Wildman–Crippen LogP) is 1.21. The Morgan fingerprint density at radius 2 is 2.19 bits per heavy atom. The Morgan fingerprint density at radius 1 is 1.48 bits per heavy atom. The third kappa shape index (κ3) is 2.86. The van der Waals surface area contributed by atoms with Crippen molar-refractivity contribution in [1.29, 1.82) is 0 Å². The molecule has 2 N–H and O–H groups in total. The Hall–Kier alpha value is -2.44. The second-order valence-corrected chi connectivity index (χ2v) is 4.88. The maximum atomic E-state index is 12.3. The van der Waals surface area contributed by atoms with Crippen molar-refractivity contribution < 1.29 is 9.90 Å². The van der Waals surface area contributed by atoms with E-state index in [9.17, 15) is 9.59 Å². The van der Waals surface area contributed by atoms with Gasteiger partial charge < -0.3 is 10.1 Å². The lowest BCUT2D eigenvalue weighted by Crippen LogP contribution is -2.32. The van der Waals surface area contributed by atoms with Crippen LogP contribution in [0.3, 0.4) is 0 Å². The van der Waals surface area contributed by atoms with Crippen LogP contribution in [0.5, 0.6) is 0 Å². The average molecular weight is 290 g/mol. The van der Waals surface area contributed by atoms with Crippen LogP contribution >= 0.6 is 0 Å². The molecule has 0 radical (unpaired) electrons. The molecule has 0 amide bonds. The second kappa shape index (κ2) is 5.90. The minimum Gasteiger partial charge on any atom is -0.481 e. The Morgan fingerprint density at radius 3 is 2.71 bits per heavy atom. The second-order valence-electron chi connectivity index (χ2n) is 4.88. The largest absolute Gasteiger partial charge is 0.481 e. The summed E-state index contributed by atoms with van der Waals surface area (Å²) < 4.78 is 1.52. The summed E-state index contributed by atoms with van der Waals surface area (Å²) in [6.07, 6.45) is 3.81. The van der Waals surface area contributed by atoms with Crippen LogP contribution in [0, 0.1) is 13.8 Å². The Kier molecular flexibility index (Phi) is 4.21. The minimum absolute atomic E-state index is 0.153. The Balaban J connectivity index is 2.62. The van der Waals surface area contributed by atoms with Crippen molar-refractivity contribution in [3.05, 3.63) is 45.7 Å². The molecule has 21 heavy (non-hydrogen) atoms. The van der Waals surface area contributed by atoms with E-state index in [0.717, 1.165) is 0 Å². The summed E-state index contributed by atoms with van der Waals surface area (Å²) in [5, 5.41) is 9.02. The topological polar surface area (TPSA) is 101 Å². The number of imidazole rings is 1. The predicted molar refractivity (Wildman–Crippen MR) is 76.3 cm³/mol. The molecule has 0 aliphatic rings. The summed E-state index contributed by atoms with van der Waals surface area (Å²) in [4.78, 5) is 34.4. The fourth-order valence-electron chi connectivity index (χ4n) is 2.55. The summed E-state index contributed by atoms with van der Waals surface area (Å²) >= 11 is 0. The molecule has 1 unspecified atom stereocenters. The zero-order chi connectivity index (χ0) is 15.6. The maximum Gasteiger partial charge on any atom is 0.348 e. The third-order valence-corrected chi connectivity index (χ3v) is 3.57. The average Bonchev–Trinajstić information content (AvgIpc) is 2.92. The summed E-state index contributed by atoms with van der Waals surface area (Å²) in [6, 6.07) is -0.284. The van der Waals surface area contributed by atoms with Crippen molar-refractivity contribution in [3.63, 3.8) is 0 Å². The first-order valence-corrected chi connectivity index (χ1v) is 6.75. The standard InChI is InChI=1S/C14H18N4O3/c1-4-11(13-15-5-6-16-13)18-9(3)10(7-12(19)20)8(2)17-14(18)21/h5-6,11H,4,7H2,1-3H3,(H,15,16)(H,19,20). The normalized spacial score (nSPS) is 12.3. The van der Waals surface area contributed by atoms with Gasteiger partial charge in [0.2, 0.25) is 0 Å². The molecule has 0 aliphatic heterocycles. The lowest BCUT2D eigenvalue weighted by Gasteiger charge is -2.21. The van der Waals surface area contributed by atoms with Gasteiger partial charge >= 0.3 is 11.7 Å². The van der Waals surface area contributed by atoms with Gasteiger partial charge in [-0.25, -0.2) is 9.78 Å². The van der Waals surface area contributed by atoms with Gasteiger partial charge in [0.25, 0.3) is 0 Å². The third-order valence-electron chi connectivity index (χ3n) is 3.57. The molecule has 2 heterocycles. The maximum absolute atomic E-state index is 12.3. The van der Waals surface area contributed by atoms with Crippen LogP contribution in [0.25, 0.3) is 0 Å². The Labute approximate surface area is 121 Å². The molecule has 2 rings (SSSR count). The highest BCUT2D eigenvalue weighted by molar-refractivity contribution is 5.70. The highest BCUT2D eigenvalue weighted by atomic mass is 16.4. The molecule has 1 atom stereocenters. The molecule has 0 saturated heterocycles. The van der Waals surface area contributed by atoms with Gasteiger partial charge in [0.1, 0.15) is 5.82 Å². The fourth-order valence-corrected chi connectivity index (χ4v) is 2.55. The van der Waals surface area contributed by atoms with Crippen molar-refractivity contribution in [2.75, 3.05) is 0 Å². The van der Waals surface area contributed by atoms with Crippen molar-refractivity contribution >= 4 is 5.97 Å². The highest BCUT2D eigenvalue weighted by Gasteiger charge is 2.21. The summed E-state index contributed by atoms with van der Waals surface area (Å²) in [5.74, 6) is -0.283. The number of nitrogens with one attached hydrogen (secondary N) is 1. The molecule has 0 aromatic carbocycles. The molecule has 0 fully saturated rings. The monoisotopic (exact) mass is 290 g/mol. The smallest absolute Gasteiger partial charge is 0.348 e. The van der Waals surface area contributed by atoms with Gasteiger partial charge in [0.15, 0.2) is 0 Å². The molecular formula is C14H18N4O3. The molecule has 0 aliphatic carbocycles. The van der Waals surface area contributed by atoms with Gasteiger partial charge in [-0.15, -0.1) is 0 Å². The zero-order valence-corrected chi connectivity index (χ0v) is 12.3. The first-order chi connectivity index (χ1) is 9.95. The van der Waals surface area contributed by atoms with E-state index in [2.05, 4.69) is 15.0 Å². The van der Waals surface area contributed by atoms with Crippen molar-refractivity contribution in [1.82, 2.24) is 19.5 Å². The van der Waals surface area contributed by atoms with Crippen LogP contribution in [0.15, 0.2) is 17.2 Å². The number of H-pyrrole nitrogens is 1. The summed E-state index contributed by atoms with van der Waals surface area (Å²) in [5.41, 5.74) is 1.28. The van der Waals surface area contributed by atoms with Crippen LogP contribution in [-0.4, -0.2) is 30.6 Å². The van der Waals surface area contributed by atoms with Gasteiger partial charge in [-0.3, -0.25) is 9.36 Å². The van der Waals surface area contributed by atoms with E-state index in [1.807, 2.05) is 6.92 Å². The summed E-state index contributed by atoms with van der Waals surface area (Å²) in [7, 11) is 0. The Bertz CT molecular complexity index is 704. The number of nitrogens with zero attached hydrogens (tertiary/aromatic N) is 3. The number of rotatable bonds is 5. The fraction of sp³-hybridized carbons (Fsp3) is 0.429. The number of hydrogen-bond donors (Lipinski definition) is 2. The van der Waals surface area contributed by atoms with E-state index in [1.165, 1.54) is 4.57 Å². The number of carboxylic acid groups (broad SMARTS) is 1. The van der Waals surface area contributed by atoms with Crippen LogP contribution in [-0.2, 0) is 11.2 Å². The molecule has 112 valence electrons. The lowest BCUT2D eigenvalue weighted by molar-refractivity contribution is -0.136. The van der Waals surface area contributed by atoms with Crippen LogP contribution < -0.4 is 5.69 Å². The van der Waals surface area contributed by atoms with Crippen molar-refractivity contribution in [3.8, 4) is 0 Å². The number of carboxylic acids is 1. The minimum atomic E-state index is -0.945. The number of aliphatic carboxylic acids is 1. The molecule has 7 nitrogen and oxygen atoms in total. The number of hydrogen-bond acceptors (Lipinski definition) is 4. The van der Waals surface area contributed by atoms with E-state index in [4.69, 9.17) is 5.11 Å². The number of aromatic amines is 1. The molecule has 2 aromatic heterocycles. The van der Waals surface area contributed by atoms with Gasteiger partial charge in [-0.1, -0.05) is 6.92 Å². The first kappa shape index (κ1) is 15.0. The molecule has 0 saturated carbocycles. The van der Waals surface area contributed by atoms with E-state index in [1.54, 1.807) is 26.2 Å². The number of carbonyl (C=O) groups is 1. The van der Waals surface area contributed by atoms with Gasteiger partial charge in [-0.2, -0.15) is 4.98 Å². The molecule has 0 spiro atoms. The molecule has 7 heteroatoms. The van der Waals surface area contributed by atoms with Gasteiger partial charge in [0.05, 0.1) is 12.5 Å². The van der Waals surface area contributed by atoms with Crippen LogP contribution in [0.1, 0.15) is 42.2 Å². The van der Waals surface area contributed by atoms with E-state index in [0.29, 0.717) is 29.2 Å². The number of aryl methyl sites for hydroxylation is 1. The summed E-state index contributed by atoms with van der Waals surface area (Å²) in [6.45, 7) is 5.35. The lowest BCUT2D eigenvalue weighted by atomic mass is 10.1. The van der Waals surface area contributed by atoms with Gasteiger partial charge in [0, 0.05) is 29.3 Å². The molecule has 2 aromatic rings. The SMILES string of the molecule is CCC(c1ncc[nH]1)n1c(C)c(CC(=O)O)c(C)nc1=O.